The summed E-state index contributed by atoms with van der Waals surface area (Å²) >= 11 is 0. The van der Waals surface area contributed by atoms with E-state index in [0.717, 1.165) is 24.3 Å². The number of hydrogen-bond acceptors (Lipinski definition) is 3. The van der Waals surface area contributed by atoms with Crippen LogP contribution in [-0.2, 0) is 0 Å². The van der Waals surface area contributed by atoms with E-state index in [0.29, 0.717) is 18.0 Å². The fourth-order valence-corrected chi connectivity index (χ4v) is 2.56. The van der Waals surface area contributed by atoms with Crippen molar-refractivity contribution in [1.82, 2.24) is 5.32 Å². The summed E-state index contributed by atoms with van der Waals surface area (Å²) in [5.74, 6) is 2.21. The van der Waals surface area contributed by atoms with Gasteiger partial charge in [0.1, 0.15) is 0 Å². The zero-order valence-corrected chi connectivity index (χ0v) is 13.7. The predicted molar refractivity (Wildman–Crippen MR) is 84.6 cm³/mol. The van der Waals surface area contributed by atoms with Gasteiger partial charge in [0.15, 0.2) is 11.5 Å². The van der Waals surface area contributed by atoms with Gasteiger partial charge >= 0.3 is 0 Å². The lowest BCUT2D eigenvalue weighted by molar-refractivity contribution is 0.336. The first-order chi connectivity index (χ1) is 9.57. The highest BCUT2D eigenvalue weighted by Crippen LogP contribution is 2.31. The van der Waals surface area contributed by atoms with Gasteiger partial charge < -0.3 is 14.8 Å². The lowest BCUT2D eigenvalue weighted by Crippen LogP contribution is -2.36. The van der Waals surface area contributed by atoms with Crippen LogP contribution in [0.2, 0.25) is 0 Å². The molecule has 0 saturated carbocycles. The summed E-state index contributed by atoms with van der Waals surface area (Å²) in [6.45, 7) is 8.98. The van der Waals surface area contributed by atoms with Gasteiger partial charge in [-0.1, -0.05) is 33.8 Å². The first kappa shape index (κ1) is 16.8. The Kier molecular flexibility index (Phi) is 6.86. The number of benzene rings is 1. The summed E-state index contributed by atoms with van der Waals surface area (Å²) in [7, 11) is 3.35. The Morgan fingerprint density at radius 1 is 1.00 bits per heavy atom. The molecule has 3 nitrogen and oxygen atoms in total. The SMILES string of the molecule is CCC(NC(CC)C(C)C)c1ccc(OC)c(OC)c1. The number of hydrogen-bond donors (Lipinski definition) is 1. The van der Waals surface area contributed by atoms with Crippen molar-refractivity contribution >= 4 is 0 Å². The van der Waals surface area contributed by atoms with Crippen LogP contribution in [-0.4, -0.2) is 20.3 Å². The summed E-state index contributed by atoms with van der Waals surface area (Å²) in [5, 5.41) is 3.76. The van der Waals surface area contributed by atoms with E-state index >= 15 is 0 Å². The van der Waals surface area contributed by atoms with Crippen LogP contribution in [0, 0.1) is 5.92 Å². The van der Waals surface area contributed by atoms with Crippen LogP contribution in [0.4, 0.5) is 0 Å². The maximum atomic E-state index is 5.40. The summed E-state index contributed by atoms with van der Waals surface area (Å²) in [6.07, 6.45) is 2.19. The van der Waals surface area contributed by atoms with E-state index in [1.54, 1.807) is 14.2 Å². The Hall–Kier alpha value is -1.22. The van der Waals surface area contributed by atoms with Crippen molar-refractivity contribution in [1.29, 1.82) is 0 Å². The molecule has 0 bridgehead atoms. The van der Waals surface area contributed by atoms with E-state index in [9.17, 15) is 0 Å². The molecule has 20 heavy (non-hydrogen) atoms. The summed E-state index contributed by atoms with van der Waals surface area (Å²) < 4.78 is 10.7. The quantitative estimate of drug-likeness (QED) is 0.774. The lowest BCUT2D eigenvalue weighted by atomic mass is 9.97. The van der Waals surface area contributed by atoms with Crippen LogP contribution in [0.25, 0.3) is 0 Å². The van der Waals surface area contributed by atoms with Gasteiger partial charge in [0.2, 0.25) is 0 Å². The van der Waals surface area contributed by atoms with Gasteiger partial charge in [0.25, 0.3) is 0 Å². The van der Waals surface area contributed by atoms with Crippen molar-refractivity contribution in [3.63, 3.8) is 0 Å². The van der Waals surface area contributed by atoms with Crippen LogP contribution in [0.15, 0.2) is 18.2 Å². The summed E-state index contributed by atoms with van der Waals surface area (Å²) in [5.41, 5.74) is 1.25. The molecule has 2 unspecified atom stereocenters. The van der Waals surface area contributed by atoms with E-state index in [1.807, 2.05) is 6.07 Å². The van der Waals surface area contributed by atoms with Gasteiger partial charge in [-0.25, -0.2) is 0 Å². The van der Waals surface area contributed by atoms with Gasteiger partial charge in [0.05, 0.1) is 14.2 Å². The maximum absolute atomic E-state index is 5.40. The second-order valence-corrected chi connectivity index (χ2v) is 5.50. The van der Waals surface area contributed by atoms with Crippen LogP contribution in [0.5, 0.6) is 11.5 Å². The van der Waals surface area contributed by atoms with E-state index in [-0.39, 0.29) is 0 Å². The van der Waals surface area contributed by atoms with Gasteiger partial charge in [0, 0.05) is 12.1 Å². The largest absolute Gasteiger partial charge is 0.493 e. The predicted octanol–water partition coefficient (Wildman–Crippen LogP) is 4.18. The van der Waals surface area contributed by atoms with E-state index in [2.05, 4.69) is 45.1 Å². The molecule has 0 fully saturated rings. The zero-order chi connectivity index (χ0) is 15.1. The highest BCUT2D eigenvalue weighted by molar-refractivity contribution is 5.43. The molecule has 0 saturated heterocycles. The Labute approximate surface area is 123 Å². The Balaban J connectivity index is 2.94. The molecule has 0 amide bonds. The molecule has 0 heterocycles. The van der Waals surface area contributed by atoms with Crippen LogP contribution < -0.4 is 14.8 Å². The molecule has 1 N–H and O–H groups in total. The number of ether oxygens (including phenoxy) is 2. The molecular formula is C17H29NO2. The molecule has 0 aliphatic heterocycles. The average molecular weight is 279 g/mol. The minimum absolute atomic E-state index is 0.349. The number of methoxy groups -OCH3 is 2. The second-order valence-electron chi connectivity index (χ2n) is 5.50. The molecule has 0 aromatic heterocycles. The summed E-state index contributed by atoms with van der Waals surface area (Å²) in [6, 6.07) is 7.06. The molecule has 114 valence electrons. The third-order valence-electron chi connectivity index (χ3n) is 3.88. The molecular weight excluding hydrogens is 250 g/mol. The maximum Gasteiger partial charge on any atom is 0.161 e. The second kappa shape index (κ2) is 8.15. The van der Waals surface area contributed by atoms with Crippen LogP contribution in [0.1, 0.15) is 52.1 Å². The molecule has 1 aromatic rings. The Morgan fingerprint density at radius 2 is 1.65 bits per heavy atom. The van der Waals surface area contributed by atoms with Crippen molar-refractivity contribution in [2.75, 3.05) is 14.2 Å². The van der Waals surface area contributed by atoms with E-state index < -0.39 is 0 Å². The molecule has 1 aromatic carbocycles. The van der Waals surface area contributed by atoms with Gasteiger partial charge in [-0.15, -0.1) is 0 Å². The molecule has 0 aliphatic carbocycles. The average Bonchev–Trinajstić information content (AvgIpc) is 2.47. The minimum atomic E-state index is 0.349. The molecule has 1 rings (SSSR count). The standard InChI is InChI=1S/C17H29NO2/c1-7-14(12(3)4)18-15(8-2)13-9-10-16(19-5)17(11-13)20-6/h9-12,14-15,18H,7-8H2,1-6H3. The third-order valence-corrected chi connectivity index (χ3v) is 3.88. The molecule has 3 heteroatoms. The van der Waals surface area contributed by atoms with Gasteiger partial charge in [-0.2, -0.15) is 0 Å². The molecule has 2 atom stereocenters. The fourth-order valence-electron chi connectivity index (χ4n) is 2.56. The minimum Gasteiger partial charge on any atom is -0.493 e. The first-order valence-corrected chi connectivity index (χ1v) is 7.55. The normalized spacial score (nSPS) is 14.2. The van der Waals surface area contributed by atoms with Crippen molar-refractivity contribution in [2.45, 2.75) is 52.6 Å². The van der Waals surface area contributed by atoms with E-state index in [4.69, 9.17) is 9.47 Å². The van der Waals surface area contributed by atoms with E-state index in [1.165, 1.54) is 5.56 Å². The molecule has 0 spiro atoms. The zero-order valence-electron chi connectivity index (χ0n) is 13.7. The number of nitrogens with one attached hydrogen (secondary N) is 1. The first-order valence-electron chi connectivity index (χ1n) is 7.55. The smallest absolute Gasteiger partial charge is 0.161 e. The Morgan fingerprint density at radius 3 is 2.10 bits per heavy atom. The monoisotopic (exact) mass is 279 g/mol. The van der Waals surface area contributed by atoms with Crippen LogP contribution >= 0.6 is 0 Å². The van der Waals surface area contributed by atoms with Crippen molar-refractivity contribution < 1.29 is 9.47 Å². The highest BCUT2D eigenvalue weighted by atomic mass is 16.5. The summed E-state index contributed by atoms with van der Waals surface area (Å²) in [4.78, 5) is 0. The van der Waals surface area contributed by atoms with Gasteiger partial charge in [-0.3, -0.25) is 0 Å². The lowest BCUT2D eigenvalue weighted by Gasteiger charge is -2.27. The highest BCUT2D eigenvalue weighted by Gasteiger charge is 2.18. The molecule has 0 aliphatic rings. The van der Waals surface area contributed by atoms with Crippen molar-refractivity contribution in [3.05, 3.63) is 23.8 Å². The topological polar surface area (TPSA) is 30.5 Å². The fraction of sp³-hybridized carbons (Fsp3) is 0.647. The molecule has 0 radical (unpaired) electrons. The third kappa shape index (κ3) is 4.14. The Bertz CT molecular complexity index is 404. The van der Waals surface area contributed by atoms with Gasteiger partial charge in [-0.05, 0) is 36.5 Å². The number of rotatable bonds is 8. The van der Waals surface area contributed by atoms with Crippen molar-refractivity contribution in [3.8, 4) is 11.5 Å². The van der Waals surface area contributed by atoms with Crippen molar-refractivity contribution in [2.24, 2.45) is 5.92 Å². The van der Waals surface area contributed by atoms with Crippen LogP contribution in [0.3, 0.4) is 0 Å².